The Kier molecular flexibility index (Phi) is 16.2. The molecule has 0 aromatic heterocycles. The summed E-state index contributed by atoms with van der Waals surface area (Å²) in [5, 5.41) is 0. The molecule has 0 saturated carbocycles. The molecule has 0 aromatic carbocycles. The van der Waals surface area contributed by atoms with E-state index in [1.54, 1.807) is 0 Å². The minimum atomic E-state index is 0. The standard InChI is InChI=1S/C4H13GeN.2ClH/c1-4(5)6(2)3;;/h4H,1-3,5H3;2*1H. The van der Waals surface area contributed by atoms with Crippen LogP contribution in [0.1, 0.15) is 6.92 Å². The van der Waals surface area contributed by atoms with E-state index >= 15 is 0 Å². The van der Waals surface area contributed by atoms with E-state index in [9.17, 15) is 0 Å². The van der Waals surface area contributed by atoms with E-state index in [4.69, 9.17) is 0 Å². The van der Waals surface area contributed by atoms with Crippen LogP contribution in [0, 0.1) is 0 Å². The smallest absolute Gasteiger partial charge is 0.147 e. The van der Waals surface area contributed by atoms with Crippen LogP contribution < -0.4 is 0 Å². The van der Waals surface area contributed by atoms with Crippen molar-refractivity contribution in [2.24, 2.45) is 0 Å². The van der Waals surface area contributed by atoms with E-state index in [1.165, 1.54) is 0 Å². The SMILES string of the molecule is C[CH]([GeH3])N(C)C.Cl.Cl. The van der Waals surface area contributed by atoms with Crippen LogP contribution in [0.5, 0.6) is 0 Å². The van der Waals surface area contributed by atoms with Gasteiger partial charge in [0.25, 0.3) is 0 Å². The van der Waals surface area contributed by atoms with Gasteiger partial charge in [0.1, 0.15) is 0 Å². The van der Waals surface area contributed by atoms with Crippen molar-refractivity contribution in [1.29, 1.82) is 0 Å². The molecule has 0 saturated heterocycles. The van der Waals surface area contributed by atoms with Crippen molar-refractivity contribution in [2.75, 3.05) is 14.1 Å². The van der Waals surface area contributed by atoms with Crippen molar-refractivity contribution in [3.8, 4) is 0 Å². The fourth-order valence-corrected chi connectivity index (χ4v) is 0. The van der Waals surface area contributed by atoms with E-state index < -0.39 is 0 Å². The minimum absolute atomic E-state index is 0. The number of halogens is 2. The van der Waals surface area contributed by atoms with Crippen molar-refractivity contribution in [2.45, 2.75) is 11.8 Å². The molecule has 1 nitrogen and oxygen atoms in total. The van der Waals surface area contributed by atoms with E-state index in [0.29, 0.717) is 0 Å². The molecule has 1 unspecified atom stereocenters. The molecule has 0 bridgehead atoms. The van der Waals surface area contributed by atoms with Gasteiger partial charge in [-0.25, -0.2) is 0 Å². The Morgan fingerprint density at radius 1 is 1.25 bits per heavy atom. The monoisotopic (exact) mass is 221 g/mol. The van der Waals surface area contributed by atoms with Gasteiger partial charge in [0.2, 0.25) is 0 Å². The molecule has 0 heterocycles. The van der Waals surface area contributed by atoms with Crippen molar-refractivity contribution < 1.29 is 0 Å². The molecule has 0 rings (SSSR count). The third-order valence-corrected chi connectivity index (χ3v) is 3.20. The molecule has 0 aliphatic rings. The molecule has 54 valence electrons. The Morgan fingerprint density at radius 3 is 1.38 bits per heavy atom. The summed E-state index contributed by atoms with van der Waals surface area (Å²) < 4.78 is 0. The average Bonchev–Trinajstić information content (AvgIpc) is 1.36. The van der Waals surface area contributed by atoms with Crippen LogP contribution in [0.3, 0.4) is 0 Å². The summed E-state index contributed by atoms with van der Waals surface area (Å²) in [5.74, 6) is 0. The molecular formula is C4H15Cl2GeN. The zero-order chi connectivity index (χ0) is 5.15. The molecule has 1 atom stereocenters. The molecule has 0 amide bonds. The second-order valence-corrected chi connectivity index (χ2v) is 5.56. The van der Waals surface area contributed by atoms with E-state index in [0.717, 1.165) is 21.4 Å². The van der Waals surface area contributed by atoms with Gasteiger partial charge in [-0.05, 0) is 0 Å². The van der Waals surface area contributed by atoms with Gasteiger partial charge in [-0.2, -0.15) is 0 Å². The van der Waals surface area contributed by atoms with Crippen molar-refractivity contribution in [3.05, 3.63) is 0 Å². The van der Waals surface area contributed by atoms with Crippen LogP contribution in [-0.2, 0) is 0 Å². The molecule has 0 fully saturated rings. The zero-order valence-electron chi connectivity index (χ0n) is 5.84. The van der Waals surface area contributed by atoms with Crippen molar-refractivity contribution in [1.82, 2.24) is 4.90 Å². The van der Waals surface area contributed by atoms with Crippen LogP contribution in [-0.4, -0.2) is 40.4 Å². The summed E-state index contributed by atoms with van der Waals surface area (Å²) in [4.78, 5) is 3.12. The van der Waals surface area contributed by atoms with Crippen LogP contribution in [0.25, 0.3) is 0 Å². The van der Waals surface area contributed by atoms with Gasteiger partial charge in [-0.3, -0.25) is 0 Å². The summed E-state index contributed by atoms with van der Waals surface area (Å²) in [6.45, 7) is 2.25. The van der Waals surface area contributed by atoms with E-state index in [-0.39, 0.29) is 24.8 Å². The maximum Gasteiger partial charge on any atom is -0.147 e. The predicted octanol–water partition coefficient (Wildman–Crippen LogP) is 0.103. The summed E-state index contributed by atoms with van der Waals surface area (Å²) in [7, 11) is 4.24. The van der Waals surface area contributed by atoms with Crippen LogP contribution in [0.2, 0.25) is 0 Å². The normalized spacial score (nSPS) is 12.0. The first-order valence-electron chi connectivity index (χ1n) is 2.31. The van der Waals surface area contributed by atoms with Gasteiger partial charge < -0.3 is 0 Å². The van der Waals surface area contributed by atoms with Gasteiger partial charge >= 0.3 is 47.3 Å². The first-order valence-corrected chi connectivity index (χ1v) is 4.73. The Hall–Kier alpha value is 1.08. The van der Waals surface area contributed by atoms with Gasteiger partial charge in [-0.15, -0.1) is 24.8 Å². The van der Waals surface area contributed by atoms with Crippen LogP contribution >= 0.6 is 24.8 Å². The topological polar surface area (TPSA) is 3.24 Å². The van der Waals surface area contributed by atoms with E-state index in [1.807, 2.05) is 0 Å². The number of hydrogen-bond donors (Lipinski definition) is 0. The average molecular weight is 221 g/mol. The van der Waals surface area contributed by atoms with Gasteiger partial charge in [0.05, 0.1) is 0 Å². The summed E-state index contributed by atoms with van der Waals surface area (Å²) in [6.07, 6.45) is 0. The summed E-state index contributed by atoms with van der Waals surface area (Å²) in [6, 6.07) is 0. The maximum absolute atomic E-state index is 2.25. The molecule has 0 aliphatic carbocycles. The largest absolute Gasteiger partial charge is 0.147 e. The molecule has 0 radical (unpaired) electrons. The molecule has 0 N–H and O–H groups in total. The van der Waals surface area contributed by atoms with Gasteiger partial charge in [-0.1, -0.05) is 0 Å². The fraction of sp³-hybridized carbons (Fsp3) is 1.00. The number of nitrogens with zero attached hydrogens (tertiary/aromatic N) is 1. The summed E-state index contributed by atoms with van der Waals surface area (Å²) >= 11 is 0.969. The Bertz CT molecular complexity index is 35.0. The minimum Gasteiger partial charge on any atom is -0.147 e. The molecular weight excluding hydrogens is 206 g/mol. The van der Waals surface area contributed by atoms with Gasteiger partial charge in [0, 0.05) is 0 Å². The Labute approximate surface area is 72.2 Å². The Morgan fingerprint density at radius 2 is 1.38 bits per heavy atom. The number of rotatable bonds is 1. The molecule has 0 aliphatic heterocycles. The first-order chi connectivity index (χ1) is 2.64. The maximum atomic E-state index is 2.25. The third-order valence-electron chi connectivity index (χ3n) is 1.03. The van der Waals surface area contributed by atoms with E-state index in [2.05, 4.69) is 25.9 Å². The third kappa shape index (κ3) is 10.1. The molecule has 0 aromatic rings. The second kappa shape index (κ2) is 8.08. The predicted molar refractivity (Wildman–Crippen MR) is 47.6 cm³/mol. The number of hydrogen-bond acceptors (Lipinski definition) is 1. The second-order valence-electron chi connectivity index (χ2n) is 2.06. The molecule has 0 spiro atoms. The first kappa shape index (κ1) is 16.0. The van der Waals surface area contributed by atoms with Crippen molar-refractivity contribution >= 4 is 41.3 Å². The van der Waals surface area contributed by atoms with Gasteiger partial charge in [0.15, 0.2) is 0 Å². The Balaban J connectivity index is -0.000000125. The molecule has 4 heteroatoms. The van der Waals surface area contributed by atoms with Crippen LogP contribution in [0.4, 0.5) is 0 Å². The molecule has 8 heavy (non-hydrogen) atoms. The van der Waals surface area contributed by atoms with Crippen LogP contribution in [0.15, 0.2) is 0 Å². The summed E-state index contributed by atoms with van der Waals surface area (Å²) in [5.41, 5.74) is 0. The van der Waals surface area contributed by atoms with Crippen molar-refractivity contribution in [3.63, 3.8) is 0 Å². The fourth-order valence-electron chi connectivity index (χ4n) is 0. The zero-order valence-corrected chi connectivity index (χ0v) is 11.7. The quantitative estimate of drug-likeness (QED) is 0.567.